The van der Waals surface area contributed by atoms with Crippen LogP contribution in [0.5, 0.6) is 0 Å². The fourth-order valence-corrected chi connectivity index (χ4v) is 3.80. The van der Waals surface area contributed by atoms with Gasteiger partial charge in [0, 0.05) is 43.0 Å². The smallest absolute Gasteiger partial charge is 0.269 e. The molecule has 2 aromatic carbocycles. The van der Waals surface area contributed by atoms with Crippen LogP contribution in [0.2, 0.25) is 0 Å². The summed E-state index contributed by atoms with van der Waals surface area (Å²) in [5.41, 5.74) is 3.39. The quantitative estimate of drug-likeness (QED) is 0.437. The Morgan fingerprint density at radius 3 is 2.40 bits per heavy atom. The highest BCUT2D eigenvalue weighted by Crippen LogP contribution is 2.21. The van der Waals surface area contributed by atoms with Crippen molar-refractivity contribution in [3.8, 4) is 11.4 Å². The van der Waals surface area contributed by atoms with E-state index in [2.05, 4.69) is 44.1 Å². The van der Waals surface area contributed by atoms with Crippen molar-refractivity contribution in [2.24, 2.45) is 0 Å². The van der Waals surface area contributed by atoms with Gasteiger partial charge in [-0.3, -0.25) is 15.0 Å². The molecule has 8 heteroatoms. The fourth-order valence-electron chi connectivity index (χ4n) is 3.80. The molecular formula is C22H26N6O2. The third-order valence-electron chi connectivity index (χ3n) is 5.37. The topological polar surface area (TPSA) is 80.3 Å². The number of hydrogen-bond donors (Lipinski definition) is 0. The summed E-state index contributed by atoms with van der Waals surface area (Å²) in [5, 5.41) is 15.3. The molecule has 0 atom stereocenters. The minimum atomic E-state index is -0.413. The maximum Gasteiger partial charge on any atom is 0.269 e. The number of non-ortho nitro benzene ring substituents is 1. The maximum atomic E-state index is 10.8. The zero-order valence-electron chi connectivity index (χ0n) is 17.1. The molecule has 4 rings (SSSR count). The first-order valence-corrected chi connectivity index (χ1v) is 10.3. The van der Waals surface area contributed by atoms with E-state index in [1.54, 1.807) is 23.1 Å². The Balaban J connectivity index is 1.34. The molecule has 0 amide bonds. The third kappa shape index (κ3) is 4.83. The number of hydrogen-bond acceptors (Lipinski definition) is 6. The average molecular weight is 406 g/mol. The lowest BCUT2D eigenvalue weighted by atomic mass is 10.1. The summed E-state index contributed by atoms with van der Waals surface area (Å²) in [6.07, 6.45) is 5.59. The molecule has 1 aliphatic heterocycles. The summed E-state index contributed by atoms with van der Waals surface area (Å²) in [6, 6.07) is 15.1. The van der Waals surface area contributed by atoms with Crippen LogP contribution in [0, 0.1) is 10.1 Å². The molecule has 1 fully saturated rings. The molecular weight excluding hydrogens is 380 g/mol. The van der Waals surface area contributed by atoms with Crippen molar-refractivity contribution in [2.45, 2.75) is 32.5 Å². The van der Waals surface area contributed by atoms with E-state index in [0.717, 1.165) is 25.2 Å². The van der Waals surface area contributed by atoms with Crippen LogP contribution in [0.4, 0.5) is 11.4 Å². The average Bonchev–Trinajstić information content (AvgIpc) is 3.23. The Morgan fingerprint density at radius 2 is 1.73 bits per heavy atom. The number of piperidine rings is 1. The van der Waals surface area contributed by atoms with Gasteiger partial charge in [-0.2, -0.15) is 0 Å². The van der Waals surface area contributed by atoms with Gasteiger partial charge in [0.2, 0.25) is 0 Å². The second kappa shape index (κ2) is 9.04. The zero-order chi connectivity index (χ0) is 20.9. The van der Waals surface area contributed by atoms with Gasteiger partial charge in [-0.05, 0) is 56.1 Å². The molecule has 0 radical (unpaired) electrons. The van der Waals surface area contributed by atoms with Crippen molar-refractivity contribution in [1.29, 1.82) is 0 Å². The Labute approximate surface area is 175 Å². The lowest BCUT2D eigenvalue weighted by Crippen LogP contribution is -2.29. The molecule has 3 aromatic rings. The number of nitrogens with zero attached hydrogens (tertiary/aromatic N) is 6. The van der Waals surface area contributed by atoms with Crippen LogP contribution in [0.3, 0.4) is 0 Å². The lowest BCUT2D eigenvalue weighted by Gasteiger charge is -2.29. The van der Waals surface area contributed by atoms with Gasteiger partial charge in [0.05, 0.1) is 11.6 Å². The first-order valence-electron chi connectivity index (χ1n) is 10.3. The number of aromatic nitrogens is 3. The van der Waals surface area contributed by atoms with Gasteiger partial charge < -0.3 is 4.90 Å². The van der Waals surface area contributed by atoms with Crippen LogP contribution < -0.4 is 4.90 Å². The van der Waals surface area contributed by atoms with E-state index in [9.17, 15) is 10.1 Å². The SMILES string of the molecule is CN(Cc1ccc(N2CCCCC2)cc1)Cn1cnc(-c2ccc([N+](=O)[O-])cc2)n1. The highest BCUT2D eigenvalue weighted by molar-refractivity contribution is 5.56. The normalized spacial score (nSPS) is 14.3. The van der Waals surface area contributed by atoms with E-state index in [1.165, 1.54) is 42.6 Å². The van der Waals surface area contributed by atoms with Crippen LogP contribution in [0.1, 0.15) is 24.8 Å². The third-order valence-corrected chi connectivity index (χ3v) is 5.37. The summed E-state index contributed by atoms with van der Waals surface area (Å²) < 4.78 is 1.78. The van der Waals surface area contributed by atoms with Gasteiger partial charge in [0.25, 0.3) is 5.69 Å². The van der Waals surface area contributed by atoms with Crippen molar-refractivity contribution < 1.29 is 4.92 Å². The molecule has 156 valence electrons. The number of rotatable bonds is 7. The number of anilines is 1. The van der Waals surface area contributed by atoms with Crippen molar-refractivity contribution in [3.05, 3.63) is 70.5 Å². The Bertz CT molecular complexity index is 978. The first-order chi connectivity index (χ1) is 14.6. The summed E-state index contributed by atoms with van der Waals surface area (Å²) in [7, 11) is 2.05. The lowest BCUT2D eigenvalue weighted by molar-refractivity contribution is -0.384. The Hall–Kier alpha value is -3.26. The number of nitro benzene ring substituents is 1. The van der Waals surface area contributed by atoms with Crippen LogP contribution >= 0.6 is 0 Å². The van der Waals surface area contributed by atoms with Crippen LogP contribution in [-0.2, 0) is 13.2 Å². The molecule has 0 saturated carbocycles. The van der Waals surface area contributed by atoms with Crippen molar-refractivity contribution >= 4 is 11.4 Å². The Morgan fingerprint density at radius 1 is 1.03 bits per heavy atom. The van der Waals surface area contributed by atoms with Crippen LogP contribution in [0.25, 0.3) is 11.4 Å². The maximum absolute atomic E-state index is 10.8. The van der Waals surface area contributed by atoms with Crippen molar-refractivity contribution in [3.63, 3.8) is 0 Å². The summed E-state index contributed by atoms with van der Waals surface area (Å²) >= 11 is 0. The predicted molar refractivity (Wildman–Crippen MR) is 116 cm³/mol. The second-order valence-corrected chi connectivity index (χ2v) is 7.78. The molecule has 30 heavy (non-hydrogen) atoms. The van der Waals surface area contributed by atoms with Gasteiger partial charge in [0.1, 0.15) is 6.33 Å². The summed E-state index contributed by atoms with van der Waals surface area (Å²) in [5.74, 6) is 0.559. The molecule has 1 aromatic heterocycles. The monoisotopic (exact) mass is 406 g/mol. The fraction of sp³-hybridized carbons (Fsp3) is 0.364. The van der Waals surface area contributed by atoms with Crippen LogP contribution in [0.15, 0.2) is 54.9 Å². The molecule has 8 nitrogen and oxygen atoms in total. The molecule has 2 heterocycles. The van der Waals surface area contributed by atoms with Gasteiger partial charge in [-0.25, -0.2) is 9.67 Å². The minimum absolute atomic E-state index is 0.0595. The first kappa shape index (κ1) is 20.0. The number of benzene rings is 2. The van der Waals surface area contributed by atoms with Crippen molar-refractivity contribution in [1.82, 2.24) is 19.7 Å². The molecule has 1 aliphatic rings. The van der Waals surface area contributed by atoms with E-state index in [4.69, 9.17) is 0 Å². The van der Waals surface area contributed by atoms with Crippen molar-refractivity contribution in [2.75, 3.05) is 25.0 Å². The largest absolute Gasteiger partial charge is 0.372 e. The predicted octanol–water partition coefficient (Wildman–Crippen LogP) is 3.93. The summed E-state index contributed by atoms with van der Waals surface area (Å²) in [6.45, 7) is 3.73. The van der Waals surface area contributed by atoms with Crippen LogP contribution in [-0.4, -0.2) is 44.7 Å². The highest BCUT2D eigenvalue weighted by atomic mass is 16.6. The van der Waals surface area contributed by atoms with Gasteiger partial charge in [0.15, 0.2) is 5.82 Å². The molecule has 0 unspecified atom stereocenters. The molecule has 0 bridgehead atoms. The Kier molecular flexibility index (Phi) is 6.04. The van der Waals surface area contributed by atoms with Gasteiger partial charge >= 0.3 is 0 Å². The standard InChI is InChI=1S/C22H26N6O2/c1-25(15-18-5-9-20(10-6-18)26-13-3-2-4-14-26)17-27-16-23-22(24-27)19-7-11-21(12-8-19)28(29)30/h5-12,16H,2-4,13-15,17H2,1H3. The highest BCUT2D eigenvalue weighted by Gasteiger charge is 2.12. The molecule has 0 N–H and O–H groups in total. The van der Waals surface area contributed by atoms with E-state index < -0.39 is 4.92 Å². The zero-order valence-corrected chi connectivity index (χ0v) is 17.1. The minimum Gasteiger partial charge on any atom is -0.372 e. The van der Waals surface area contributed by atoms with E-state index in [1.807, 2.05) is 7.05 Å². The second-order valence-electron chi connectivity index (χ2n) is 7.78. The summed E-state index contributed by atoms with van der Waals surface area (Å²) in [4.78, 5) is 19.3. The number of nitro groups is 1. The van der Waals surface area contributed by atoms with E-state index >= 15 is 0 Å². The van der Waals surface area contributed by atoms with Gasteiger partial charge in [-0.1, -0.05) is 12.1 Å². The van der Waals surface area contributed by atoms with Gasteiger partial charge in [-0.15, -0.1) is 5.10 Å². The molecule has 0 aliphatic carbocycles. The van der Waals surface area contributed by atoms with E-state index in [0.29, 0.717) is 12.5 Å². The molecule has 1 saturated heterocycles. The molecule has 0 spiro atoms. The van der Waals surface area contributed by atoms with E-state index in [-0.39, 0.29) is 5.69 Å².